The summed E-state index contributed by atoms with van der Waals surface area (Å²) in [5.41, 5.74) is 7.43. The molecule has 3 rings (SSSR count). The highest BCUT2D eigenvalue weighted by atomic mass is 32.2. The van der Waals surface area contributed by atoms with Crippen LogP contribution in [0.2, 0.25) is 0 Å². The number of hydrogen-bond donors (Lipinski definition) is 3. The Kier molecular flexibility index (Phi) is 6.76. The average Bonchev–Trinajstić information content (AvgIpc) is 2.73. The number of carbonyl (C=O) groups is 1. The zero-order valence-corrected chi connectivity index (χ0v) is 17.7. The van der Waals surface area contributed by atoms with E-state index in [4.69, 9.17) is 0 Å². The lowest BCUT2D eigenvalue weighted by atomic mass is 10.2. The van der Waals surface area contributed by atoms with Crippen molar-refractivity contribution in [1.82, 2.24) is 20.1 Å². The van der Waals surface area contributed by atoms with Gasteiger partial charge in [-0.1, -0.05) is 36.4 Å². The summed E-state index contributed by atoms with van der Waals surface area (Å²) < 4.78 is 27.0. The van der Waals surface area contributed by atoms with E-state index in [-0.39, 0.29) is 23.1 Å². The Morgan fingerprint density at radius 3 is 2.37 bits per heavy atom. The summed E-state index contributed by atoms with van der Waals surface area (Å²) in [4.78, 5) is 14.4. The number of sulfonamides is 1. The van der Waals surface area contributed by atoms with E-state index in [1.807, 2.05) is 11.8 Å². The Balaban J connectivity index is 1.46. The zero-order chi connectivity index (χ0) is 21.7. The molecule has 1 amide bonds. The molecule has 3 N–H and O–H groups in total. The van der Waals surface area contributed by atoms with Crippen LogP contribution < -0.4 is 10.9 Å². The van der Waals surface area contributed by atoms with Crippen LogP contribution in [0.1, 0.15) is 11.1 Å². The molecule has 9 heteroatoms. The summed E-state index contributed by atoms with van der Waals surface area (Å²) in [5, 5.41) is 9.51. The molecule has 0 bridgehead atoms. The molecule has 0 unspecified atom stereocenters. The van der Waals surface area contributed by atoms with Crippen LogP contribution in [0.5, 0.6) is 5.75 Å². The highest BCUT2D eigenvalue weighted by Crippen LogP contribution is 2.18. The number of aryl methyl sites for hydroxylation is 1. The predicted molar refractivity (Wildman–Crippen MR) is 115 cm³/mol. The van der Waals surface area contributed by atoms with E-state index in [0.717, 1.165) is 5.56 Å². The summed E-state index contributed by atoms with van der Waals surface area (Å²) in [6.07, 6.45) is 0. The first-order valence-corrected chi connectivity index (χ1v) is 11.0. The van der Waals surface area contributed by atoms with Crippen LogP contribution in [0.3, 0.4) is 0 Å². The molecule has 2 aromatic carbocycles. The van der Waals surface area contributed by atoms with Crippen molar-refractivity contribution in [3.63, 3.8) is 0 Å². The van der Waals surface area contributed by atoms with Gasteiger partial charge in [-0.15, -0.1) is 0 Å². The minimum absolute atomic E-state index is 0.111. The molecule has 160 valence electrons. The average molecular weight is 431 g/mol. The number of nitrogens with zero attached hydrogens (tertiary/aromatic N) is 2. The number of aromatic hydroxyl groups is 1. The lowest BCUT2D eigenvalue weighted by Crippen LogP contribution is -2.52. The molecule has 0 atom stereocenters. The maximum absolute atomic E-state index is 12.8. The Labute approximate surface area is 176 Å². The Morgan fingerprint density at radius 2 is 1.73 bits per heavy atom. The SMILES string of the molecule is C=C(NNC(=O)CN1CCN(S(=O)(=O)c2ccc(C)cc2)CC1)c1cccc(O)c1. The van der Waals surface area contributed by atoms with E-state index < -0.39 is 10.0 Å². The third kappa shape index (κ3) is 5.38. The standard InChI is InChI=1S/C21H26N4O4S/c1-16-6-8-20(9-7-16)30(28,29)25-12-10-24(11-13-25)15-21(27)23-22-17(2)18-4-3-5-19(26)14-18/h3-9,14,22,26H,2,10-13,15H2,1H3,(H,23,27). The molecular weight excluding hydrogens is 404 g/mol. The molecule has 0 aromatic heterocycles. The molecule has 8 nitrogen and oxygen atoms in total. The monoisotopic (exact) mass is 430 g/mol. The van der Waals surface area contributed by atoms with E-state index >= 15 is 0 Å². The number of carbonyl (C=O) groups excluding carboxylic acids is 1. The number of rotatable bonds is 7. The molecule has 30 heavy (non-hydrogen) atoms. The van der Waals surface area contributed by atoms with Crippen LogP contribution in [0, 0.1) is 6.92 Å². The van der Waals surface area contributed by atoms with Gasteiger partial charge in [0.25, 0.3) is 5.91 Å². The number of phenols is 1. The van der Waals surface area contributed by atoms with Crippen LogP contribution in [-0.2, 0) is 14.8 Å². The summed E-state index contributed by atoms with van der Waals surface area (Å²) in [6.45, 7) is 7.46. The molecule has 1 aliphatic rings. The fraction of sp³-hybridized carbons (Fsp3) is 0.286. The summed E-state index contributed by atoms with van der Waals surface area (Å²) >= 11 is 0. The van der Waals surface area contributed by atoms with Gasteiger partial charge in [0.05, 0.1) is 17.1 Å². The number of nitrogens with one attached hydrogen (secondary N) is 2. The Bertz CT molecular complexity index is 1010. The number of phenolic OH excluding ortho intramolecular Hbond substituents is 1. The second-order valence-electron chi connectivity index (χ2n) is 7.20. The maximum Gasteiger partial charge on any atom is 0.252 e. The van der Waals surface area contributed by atoms with Gasteiger partial charge in [-0.25, -0.2) is 8.42 Å². The highest BCUT2D eigenvalue weighted by molar-refractivity contribution is 7.89. The predicted octanol–water partition coefficient (Wildman–Crippen LogP) is 1.30. The van der Waals surface area contributed by atoms with E-state index in [1.54, 1.807) is 42.5 Å². The van der Waals surface area contributed by atoms with Crippen molar-refractivity contribution in [2.45, 2.75) is 11.8 Å². The Morgan fingerprint density at radius 1 is 1.07 bits per heavy atom. The van der Waals surface area contributed by atoms with Crippen molar-refractivity contribution >= 4 is 21.6 Å². The van der Waals surface area contributed by atoms with Gasteiger partial charge in [-0.3, -0.25) is 20.5 Å². The van der Waals surface area contributed by atoms with Crippen molar-refractivity contribution in [1.29, 1.82) is 0 Å². The number of hydrazine groups is 1. The molecule has 0 saturated carbocycles. The first-order valence-electron chi connectivity index (χ1n) is 9.58. The van der Waals surface area contributed by atoms with Crippen LogP contribution in [-0.4, -0.2) is 61.4 Å². The van der Waals surface area contributed by atoms with Gasteiger partial charge in [-0.2, -0.15) is 4.31 Å². The number of benzene rings is 2. The summed E-state index contributed by atoms with van der Waals surface area (Å²) in [6, 6.07) is 13.3. The van der Waals surface area contributed by atoms with Gasteiger partial charge in [0.15, 0.2) is 0 Å². The first kappa shape index (κ1) is 21.8. The quantitative estimate of drug-likeness (QED) is 0.573. The summed E-state index contributed by atoms with van der Waals surface area (Å²) in [7, 11) is -3.52. The largest absolute Gasteiger partial charge is 0.508 e. The molecule has 1 fully saturated rings. The molecule has 1 aliphatic heterocycles. The van der Waals surface area contributed by atoms with Crippen molar-refractivity contribution in [3.05, 3.63) is 66.2 Å². The van der Waals surface area contributed by atoms with Gasteiger partial charge in [-0.05, 0) is 31.2 Å². The number of hydrogen-bond acceptors (Lipinski definition) is 6. The highest BCUT2D eigenvalue weighted by Gasteiger charge is 2.28. The molecule has 1 heterocycles. The number of amides is 1. The van der Waals surface area contributed by atoms with Gasteiger partial charge in [0, 0.05) is 31.7 Å². The normalized spacial score (nSPS) is 15.5. The van der Waals surface area contributed by atoms with E-state index in [0.29, 0.717) is 37.4 Å². The maximum atomic E-state index is 12.8. The first-order chi connectivity index (χ1) is 14.3. The zero-order valence-electron chi connectivity index (χ0n) is 16.8. The summed E-state index contributed by atoms with van der Waals surface area (Å²) in [5.74, 6) is -0.147. The smallest absolute Gasteiger partial charge is 0.252 e. The lowest BCUT2D eigenvalue weighted by molar-refractivity contribution is -0.123. The third-order valence-electron chi connectivity index (χ3n) is 4.90. The van der Waals surface area contributed by atoms with Crippen LogP contribution in [0.4, 0.5) is 0 Å². The molecule has 0 aliphatic carbocycles. The van der Waals surface area contributed by atoms with E-state index in [9.17, 15) is 18.3 Å². The fourth-order valence-corrected chi connectivity index (χ4v) is 4.56. The minimum Gasteiger partial charge on any atom is -0.508 e. The van der Waals surface area contributed by atoms with Crippen LogP contribution in [0.25, 0.3) is 5.70 Å². The molecule has 1 saturated heterocycles. The topological polar surface area (TPSA) is 102 Å². The second kappa shape index (κ2) is 9.29. The molecular formula is C21H26N4O4S. The third-order valence-corrected chi connectivity index (χ3v) is 6.82. The van der Waals surface area contributed by atoms with Crippen molar-refractivity contribution in [2.24, 2.45) is 0 Å². The lowest BCUT2D eigenvalue weighted by Gasteiger charge is -2.33. The van der Waals surface area contributed by atoms with Crippen LogP contribution >= 0.6 is 0 Å². The fourth-order valence-electron chi connectivity index (χ4n) is 3.14. The van der Waals surface area contributed by atoms with Crippen LogP contribution in [0.15, 0.2) is 60.0 Å². The Hall–Kier alpha value is -2.88. The molecule has 0 radical (unpaired) electrons. The molecule has 2 aromatic rings. The van der Waals surface area contributed by atoms with E-state index in [1.165, 1.54) is 10.4 Å². The van der Waals surface area contributed by atoms with Gasteiger partial charge in [0.2, 0.25) is 10.0 Å². The van der Waals surface area contributed by atoms with Crippen molar-refractivity contribution in [3.8, 4) is 5.75 Å². The van der Waals surface area contributed by atoms with Crippen molar-refractivity contribution in [2.75, 3.05) is 32.7 Å². The number of piperazine rings is 1. The van der Waals surface area contributed by atoms with Crippen molar-refractivity contribution < 1.29 is 18.3 Å². The van der Waals surface area contributed by atoms with Gasteiger partial charge in [0.1, 0.15) is 5.75 Å². The van der Waals surface area contributed by atoms with Gasteiger partial charge >= 0.3 is 0 Å². The van der Waals surface area contributed by atoms with Gasteiger partial charge < -0.3 is 5.11 Å². The second-order valence-corrected chi connectivity index (χ2v) is 9.13. The van der Waals surface area contributed by atoms with E-state index in [2.05, 4.69) is 17.4 Å². The minimum atomic E-state index is -3.52. The molecule has 0 spiro atoms.